The first-order valence-electron chi connectivity index (χ1n) is 6.80. The molecule has 0 atom stereocenters. The van der Waals surface area contributed by atoms with Crippen molar-refractivity contribution in [3.8, 4) is 0 Å². The molecule has 0 saturated carbocycles. The molecular weight excluding hydrogens is 260 g/mol. The summed E-state index contributed by atoms with van der Waals surface area (Å²) in [6, 6.07) is 19.2. The van der Waals surface area contributed by atoms with Crippen molar-refractivity contribution in [2.75, 3.05) is 11.1 Å². The Bertz CT molecular complexity index is 824. The number of fused-ring (bicyclic) bond motifs is 1. The van der Waals surface area contributed by atoms with Crippen LogP contribution in [0.3, 0.4) is 0 Å². The largest absolute Gasteiger partial charge is 0.397 e. The van der Waals surface area contributed by atoms with Crippen molar-refractivity contribution in [2.24, 2.45) is 0 Å². The fourth-order valence-electron chi connectivity index (χ4n) is 2.32. The Balaban J connectivity index is 1.89. The predicted molar refractivity (Wildman–Crippen MR) is 87.5 cm³/mol. The molecule has 1 amide bonds. The van der Waals surface area contributed by atoms with Crippen molar-refractivity contribution in [2.45, 2.75) is 6.92 Å². The molecule has 3 rings (SSSR count). The Hall–Kier alpha value is -2.81. The number of amides is 1. The van der Waals surface area contributed by atoms with Crippen LogP contribution in [0.5, 0.6) is 0 Å². The van der Waals surface area contributed by atoms with Gasteiger partial charge in [0, 0.05) is 5.56 Å². The van der Waals surface area contributed by atoms with E-state index in [-0.39, 0.29) is 5.91 Å². The van der Waals surface area contributed by atoms with Crippen molar-refractivity contribution in [1.29, 1.82) is 0 Å². The minimum Gasteiger partial charge on any atom is -0.397 e. The van der Waals surface area contributed by atoms with Crippen LogP contribution < -0.4 is 11.1 Å². The van der Waals surface area contributed by atoms with Gasteiger partial charge in [-0.15, -0.1) is 0 Å². The third-order valence-corrected chi connectivity index (χ3v) is 3.47. The average Bonchev–Trinajstić information content (AvgIpc) is 2.49. The molecule has 0 aliphatic heterocycles. The lowest BCUT2D eigenvalue weighted by molar-refractivity contribution is 0.102. The number of hydrogen-bond donors (Lipinski definition) is 2. The molecule has 0 heterocycles. The second-order valence-corrected chi connectivity index (χ2v) is 5.11. The summed E-state index contributed by atoms with van der Waals surface area (Å²) in [7, 11) is 0. The summed E-state index contributed by atoms with van der Waals surface area (Å²) in [6.07, 6.45) is 0. The highest BCUT2D eigenvalue weighted by molar-refractivity contribution is 6.07. The molecule has 0 fully saturated rings. The van der Waals surface area contributed by atoms with Gasteiger partial charge >= 0.3 is 0 Å². The average molecular weight is 276 g/mol. The molecule has 0 saturated heterocycles. The molecule has 0 aliphatic rings. The second kappa shape index (κ2) is 5.29. The SMILES string of the molecule is Cc1ccc(NC(=O)c2ccc3ccccc3c2)c(N)c1. The van der Waals surface area contributed by atoms with Gasteiger partial charge in [-0.25, -0.2) is 0 Å². The van der Waals surface area contributed by atoms with Gasteiger partial charge in [-0.1, -0.05) is 36.4 Å². The molecule has 21 heavy (non-hydrogen) atoms. The third kappa shape index (κ3) is 2.72. The Morgan fingerprint density at radius 1 is 0.952 bits per heavy atom. The number of nitrogens with one attached hydrogen (secondary N) is 1. The van der Waals surface area contributed by atoms with Gasteiger partial charge < -0.3 is 11.1 Å². The number of carbonyl (C=O) groups is 1. The van der Waals surface area contributed by atoms with Gasteiger partial charge in [0.1, 0.15) is 0 Å². The van der Waals surface area contributed by atoms with Gasteiger partial charge in [-0.2, -0.15) is 0 Å². The Morgan fingerprint density at radius 3 is 2.48 bits per heavy atom. The van der Waals surface area contributed by atoms with Gasteiger partial charge in [0.25, 0.3) is 5.91 Å². The van der Waals surface area contributed by atoms with Crippen LogP contribution in [0.15, 0.2) is 60.7 Å². The number of anilines is 2. The van der Waals surface area contributed by atoms with E-state index in [0.29, 0.717) is 16.9 Å². The fourth-order valence-corrected chi connectivity index (χ4v) is 2.32. The van der Waals surface area contributed by atoms with E-state index in [0.717, 1.165) is 16.3 Å². The lowest BCUT2D eigenvalue weighted by atomic mass is 10.1. The van der Waals surface area contributed by atoms with Gasteiger partial charge in [-0.3, -0.25) is 4.79 Å². The summed E-state index contributed by atoms with van der Waals surface area (Å²) < 4.78 is 0. The molecular formula is C18H16N2O. The summed E-state index contributed by atoms with van der Waals surface area (Å²) >= 11 is 0. The molecule has 0 radical (unpaired) electrons. The van der Waals surface area contributed by atoms with Crippen LogP contribution in [-0.4, -0.2) is 5.91 Å². The molecule has 3 N–H and O–H groups in total. The normalized spacial score (nSPS) is 10.5. The number of benzene rings is 3. The molecule has 3 nitrogen and oxygen atoms in total. The van der Waals surface area contributed by atoms with Crippen molar-refractivity contribution in [3.63, 3.8) is 0 Å². The van der Waals surface area contributed by atoms with Crippen molar-refractivity contribution < 1.29 is 4.79 Å². The zero-order chi connectivity index (χ0) is 14.8. The summed E-state index contributed by atoms with van der Waals surface area (Å²) in [5, 5.41) is 5.01. The summed E-state index contributed by atoms with van der Waals surface area (Å²) in [5.74, 6) is -0.156. The molecule has 0 unspecified atom stereocenters. The van der Waals surface area contributed by atoms with Crippen molar-refractivity contribution >= 4 is 28.1 Å². The first-order chi connectivity index (χ1) is 10.1. The minimum absolute atomic E-state index is 0.156. The number of hydrogen-bond acceptors (Lipinski definition) is 2. The molecule has 0 bridgehead atoms. The maximum absolute atomic E-state index is 12.3. The fraction of sp³-hybridized carbons (Fsp3) is 0.0556. The molecule has 0 spiro atoms. The monoisotopic (exact) mass is 276 g/mol. The molecule has 3 heteroatoms. The van der Waals surface area contributed by atoms with Gasteiger partial charge in [-0.05, 0) is 47.5 Å². The topological polar surface area (TPSA) is 55.1 Å². The van der Waals surface area contributed by atoms with Crippen LogP contribution >= 0.6 is 0 Å². The summed E-state index contributed by atoms with van der Waals surface area (Å²) in [4.78, 5) is 12.3. The number of carbonyl (C=O) groups excluding carboxylic acids is 1. The first-order valence-corrected chi connectivity index (χ1v) is 6.80. The van der Waals surface area contributed by atoms with E-state index in [1.165, 1.54) is 0 Å². The Morgan fingerprint density at radius 2 is 1.71 bits per heavy atom. The van der Waals surface area contributed by atoms with Crippen molar-refractivity contribution in [3.05, 3.63) is 71.8 Å². The molecule has 104 valence electrons. The van der Waals surface area contributed by atoms with Gasteiger partial charge in [0.2, 0.25) is 0 Å². The molecule has 0 aliphatic carbocycles. The number of rotatable bonds is 2. The van der Waals surface area contributed by atoms with E-state index < -0.39 is 0 Å². The smallest absolute Gasteiger partial charge is 0.255 e. The van der Waals surface area contributed by atoms with Crippen LogP contribution in [0.1, 0.15) is 15.9 Å². The number of aryl methyl sites for hydroxylation is 1. The van der Waals surface area contributed by atoms with Crippen LogP contribution in [-0.2, 0) is 0 Å². The van der Waals surface area contributed by atoms with E-state index in [2.05, 4.69) is 5.32 Å². The van der Waals surface area contributed by atoms with Crippen molar-refractivity contribution in [1.82, 2.24) is 0 Å². The Kier molecular flexibility index (Phi) is 3.32. The second-order valence-electron chi connectivity index (χ2n) is 5.11. The molecule has 3 aromatic rings. The maximum atomic E-state index is 12.3. The zero-order valence-electron chi connectivity index (χ0n) is 11.8. The summed E-state index contributed by atoms with van der Waals surface area (Å²) in [6.45, 7) is 1.96. The Labute approximate surface area is 123 Å². The first kappa shape index (κ1) is 13.2. The van der Waals surface area contributed by atoms with Crippen LogP contribution in [0, 0.1) is 6.92 Å². The van der Waals surface area contributed by atoms with E-state index in [4.69, 9.17) is 5.73 Å². The highest BCUT2D eigenvalue weighted by atomic mass is 16.1. The van der Waals surface area contributed by atoms with Crippen LogP contribution in [0.4, 0.5) is 11.4 Å². The van der Waals surface area contributed by atoms with Crippen LogP contribution in [0.25, 0.3) is 10.8 Å². The standard InChI is InChI=1S/C18H16N2O/c1-12-6-9-17(16(19)10-12)20-18(21)15-8-7-13-4-2-3-5-14(13)11-15/h2-11H,19H2,1H3,(H,20,21). The maximum Gasteiger partial charge on any atom is 0.255 e. The third-order valence-electron chi connectivity index (χ3n) is 3.47. The van der Waals surface area contributed by atoms with Crippen LogP contribution in [0.2, 0.25) is 0 Å². The number of nitrogen functional groups attached to an aromatic ring is 1. The van der Waals surface area contributed by atoms with E-state index in [1.54, 1.807) is 0 Å². The van der Waals surface area contributed by atoms with Gasteiger partial charge in [0.15, 0.2) is 0 Å². The lowest BCUT2D eigenvalue weighted by Crippen LogP contribution is -2.13. The lowest BCUT2D eigenvalue weighted by Gasteiger charge is -2.09. The molecule has 3 aromatic carbocycles. The quantitative estimate of drug-likeness (QED) is 0.695. The van der Waals surface area contributed by atoms with E-state index in [1.807, 2.05) is 67.6 Å². The minimum atomic E-state index is -0.156. The highest BCUT2D eigenvalue weighted by Crippen LogP contribution is 2.21. The molecule has 0 aromatic heterocycles. The number of nitrogens with two attached hydrogens (primary N) is 1. The highest BCUT2D eigenvalue weighted by Gasteiger charge is 2.08. The predicted octanol–water partition coefficient (Wildman–Crippen LogP) is 3.98. The summed E-state index contributed by atoms with van der Waals surface area (Å²) in [5.41, 5.74) is 8.82. The van der Waals surface area contributed by atoms with E-state index in [9.17, 15) is 4.79 Å². The zero-order valence-corrected chi connectivity index (χ0v) is 11.8. The van der Waals surface area contributed by atoms with Gasteiger partial charge in [0.05, 0.1) is 11.4 Å². The van der Waals surface area contributed by atoms with E-state index >= 15 is 0 Å².